The molecule has 0 unspecified atom stereocenters. The van der Waals surface area contributed by atoms with Gasteiger partial charge in [0.2, 0.25) is 0 Å². The zero-order chi connectivity index (χ0) is 55.6. The maximum absolute atomic E-state index is 11.0. The second-order valence-electron chi connectivity index (χ2n) is 16.9. The van der Waals surface area contributed by atoms with Gasteiger partial charge in [0.25, 0.3) is 0 Å². The van der Waals surface area contributed by atoms with Crippen molar-refractivity contribution in [2.45, 2.75) is 39.6 Å². The van der Waals surface area contributed by atoms with Crippen LogP contribution in [0.5, 0.6) is 34.5 Å². The van der Waals surface area contributed by atoms with Crippen molar-refractivity contribution in [2.75, 3.05) is 0 Å². The number of hydrogen-bond acceptors (Lipinski definition) is 18. The Morgan fingerprint density at radius 2 is 0.321 bits per heavy atom. The first-order valence-corrected chi connectivity index (χ1v) is 23.4. The van der Waals surface area contributed by atoms with Crippen molar-refractivity contribution in [3.05, 3.63) is 249 Å². The molecule has 0 saturated heterocycles. The van der Waals surface area contributed by atoms with Crippen LogP contribution in [0.15, 0.2) is 182 Å². The fourth-order valence-electron chi connectivity index (χ4n) is 7.30. The molecule has 8 aromatic carbocycles. The summed E-state index contributed by atoms with van der Waals surface area (Å²) in [7, 11) is 0. The number of ether oxygens (including phenoxy) is 6. The molecule has 0 aromatic heterocycles. The monoisotopic (exact) mass is 1430 g/mol. The molecular formula is C60H42Cu6O18. The van der Waals surface area contributed by atoms with E-state index in [0.29, 0.717) is 34.5 Å². The number of carboxylic acids is 6. The number of rotatable bonds is 24. The Balaban J connectivity index is 0.000000784. The van der Waals surface area contributed by atoms with Crippen LogP contribution in [-0.2, 0) is 142 Å². The predicted octanol–water partition coefficient (Wildman–Crippen LogP) is 3.01. The zero-order valence-electron chi connectivity index (χ0n) is 42.7. The molecular weight excluding hydrogens is 1390 g/mol. The Labute approximate surface area is 544 Å². The van der Waals surface area contributed by atoms with Gasteiger partial charge in [-0.1, -0.05) is 0 Å². The van der Waals surface area contributed by atoms with Crippen molar-refractivity contribution < 1.29 is 190 Å². The Hall–Kier alpha value is -7.50. The Bertz CT molecular complexity index is 2790. The van der Waals surface area contributed by atoms with Gasteiger partial charge in [0.15, 0.2) is 0 Å². The van der Waals surface area contributed by atoms with E-state index in [2.05, 4.69) is 0 Å². The molecule has 0 atom stereocenters. The molecule has 0 spiro atoms. The van der Waals surface area contributed by atoms with Gasteiger partial charge in [0.1, 0.15) is 74.1 Å². The van der Waals surface area contributed by atoms with Gasteiger partial charge >= 0.3 is 102 Å². The van der Waals surface area contributed by atoms with E-state index in [1.165, 1.54) is 146 Å². The minimum atomic E-state index is -1.28. The average Bonchev–Trinajstić information content (AvgIpc) is 3.45. The van der Waals surface area contributed by atoms with Crippen LogP contribution >= 0.6 is 0 Å². The molecule has 84 heavy (non-hydrogen) atoms. The van der Waals surface area contributed by atoms with E-state index in [1.54, 1.807) is 0 Å². The van der Waals surface area contributed by atoms with Gasteiger partial charge in [-0.05, 0) is 249 Å². The van der Waals surface area contributed by atoms with Gasteiger partial charge in [-0.15, -0.1) is 0 Å². The number of hydrogen-bond donors (Lipinski definition) is 0. The van der Waals surface area contributed by atoms with Gasteiger partial charge in [-0.3, -0.25) is 0 Å². The first kappa shape index (κ1) is 74.5. The number of carbonyl (C=O) groups is 6. The van der Waals surface area contributed by atoms with Crippen LogP contribution in [-0.4, -0.2) is 35.8 Å². The molecule has 0 fully saturated rings. The average molecular weight is 1430 g/mol. The second kappa shape index (κ2) is 36.9. The van der Waals surface area contributed by atoms with E-state index in [9.17, 15) is 59.4 Å². The minimum Gasteiger partial charge on any atom is -0.545 e. The zero-order valence-corrected chi connectivity index (χ0v) is 48.4. The van der Waals surface area contributed by atoms with Crippen LogP contribution in [0, 0.1) is 0 Å². The summed E-state index contributed by atoms with van der Waals surface area (Å²) in [6.45, 7) is 1.04. The third-order valence-corrected chi connectivity index (χ3v) is 11.2. The van der Waals surface area contributed by atoms with E-state index >= 15 is 0 Å². The summed E-state index contributed by atoms with van der Waals surface area (Å²) >= 11 is 0. The number of carbonyl (C=O) groups excluding carboxylic acids is 6. The topological polar surface area (TPSA) is 296 Å². The van der Waals surface area contributed by atoms with Crippen molar-refractivity contribution in [3.8, 4) is 34.5 Å². The Morgan fingerprint density at radius 3 is 0.417 bits per heavy atom. The Morgan fingerprint density at radius 1 is 0.214 bits per heavy atom. The van der Waals surface area contributed by atoms with Crippen LogP contribution < -0.4 is 59.1 Å². The molecule has 456 valence electrons. The van der Waals surface area contributed by atoms with E-state index < -0.39 is 35.8 Å². The molecule has 0 saturated carbocycles. The van der Waals surface area contributed by atoms with Crippen molar-refractivity contribution in [1.29, 1.82) is 0 Å². The number of carboxylic acid groups (broad SMARTS) is 6. The maximum Gasteiger partial charge on any atom is 1.00 e. The van der Waals surface area contributed by atoms with E-state index in [4.69, 9.17) is 28.4 Å². The van der Waals surface area contributed by atoms with Crippen molar-refractivity contribution in [3.63, 3.8) is 0 Å². The largest absolute Gasteiger partial charge is 1.00 e. The minimum absolute atomic E-state index is 0. The SMILES string of the molecule is O=C([O-])c1ccc(OCc2cc(COc3ccc(C(=O)[O-])cc3)cc(COc3ccc(C(=O)[O-])cc3)c2)cc1.O=C([O-])c1ccc(OCc2cc(COc3ccc(C(=O)[O-])cc3)cc(COc3ccc(C(=O)[O-])cc3)c2)cc1.[Cu+].[Cu+].[Cu+].[Cu+].[Cu+].[Cu+]. The molecule has 24 heteroatoms. The molecule has 0 bridgehead atoms. The fraction of sp³-hybridized carbons (Fsp3) is 0.100. The first-order chi connectivity index (χ1) is 37.5. The van der Waals surface area contributed by atoms with Gasteiger partial charge < -0.3 is 87.8 Å². The van der Waals surface area contributed by atoms with Gasteiger partial charge in [0, 0.05) is 0 Å². The van der Waals surface area contributed by atoms with Crippen LogP contribution in [0.4, 0.5) is 0 Å². The summed E-state index contributed by atoms with van der Waals surface area (Å²) in [5.41, 5.74) is 5.00. The third-order valence-electron chi connectivity index (χ3n) is 11.2. The maximum atomic E-state index is 11.0. The van der Waals surface area contributed by atoms with Crippen LogP contribution in [0.2, 0.25) is 0 Å². The summed E-state index contributed by atoms with van der Waals surface area (Å²) in [5, 5.41) is 65.7. The summed E-state index contributed by atoms with van der Waals surface area (Å²) in [5.74, 6) is -4.82. The summed E-state index contributed by atoms with van der Waals surface area (Å²) in [4.78, 5) is 65.7. The molecule has 8 aromatic rings. The number of aromatic carboxylic acids is 6. The molecule has 18 nitrogen and oxygen atoms in total. The summed E-state index contributed by atoms with van der Waals surface area (Å²) in [6.07, 6.45) is 0. The van der Waals surface area contributed by atoms with Gasteiger partial charge in [-0.25, -0.2) is 0 Å². The van der Waals surface area contributed by atoms with Crippen molar-refractivity contribution in [1.82, 2.24) is 0 Å². The van der Waals surface area contributed by atoms with Gasteiger partial charge in [0.05, 0.1) is 35.8 Å². The smallest absolute Gasteiger partial charge is 0.545 e. The first-order valence-electron chi connectivity index (χ1n) is 23.4. The molecule has 0 N–H and O–H groups in total. The number of benzene rings is 8. The fourth-order valence-corrected chi connectivity index (χ4v) is 7.30. The molecule has 0 amide bonds. The quantitative estimate of drug-likeness (QED) is 0.0785. The van der Waals surface area contributed by atoms with Gasteiger partial charge in [-0.2, -0.15) is 0 Å². The predicted molar refractivity (Wildman–Crippen MR) is 264 cm³/mol. The molecule has 0 aliphatic carbocycles. The summed E-state index contributed by atoms with van der Waals surface area (Å²) < 4.78 is 34.9. The molecule has 0 aliphatic heterocycles. The van der Waals surface area contributed by atoms with Crippen LogP contribution in [0.1, 0.15) is 95.5 Å². The Kier molecular flexibility index (Phi) is 32.8. The third kappa shape index (κ3) is 23.6. The van der Waals surface area contributed by atoms with E-state index in [0.717, 1.165) is 33.4 Å². The molecule has 0 aliphatic rings. The van der Waals surface area contributed by atoms with Crippen molar-refractivity contribution >= 4 is 35.8 Å². The normalized spacial score (nSPS) is 9.71. The molecule has 0 heterocycles. The van der Waals surface area contributed by atoms with E-state index in [-0.39, 0.29) is 175 Å². The second-order valence-corrected chi connectivity index (χ2v) is 16.9. The molecule has 0 radical (unpaired) electrons. The van der Waals surface area contributed by atoms with Crippen LogP contribution in [0.3, 0.4) is 0 Å². The van der Waals surface area contributed by atoms with Crippen LogP contribution in [0.25, 0.3) is 0 Å². The molecule has 8 rings (SSSR count). The van der Waals surface area contributed by atoms with E-state index in [1.807, 2.05) is 36.4 Å². The van der Waals surface area contributed by atoms with Crippen molar-refractivity contribution in [2.24, 2.45) is 0 Å². The summed E-state index contributed by atoms with van der Waals surface area (Å²) in [6, 6.07) is 46.4. The standard InChI is InChI=1S/2C30H24O9.6Cu/c2*31-28(32)22-1-7-25(8-2-22)37-16-19-13-20(17-38-26-9-3-23(4-10-26)29(33)34)15-21(14-19)18-39-27-11-5-24(6-12-27)30(35)36;;;;;;/h2*1-15H,16-18H2,(H,31,32)(H,33,34)(H,35,36);;;;;;/q;;6*+1/p-6.